The molecule has 0 aliphatic carbocycles. The SMILES string of the molecule is Nc1ccc([S+]([O-])c2cc(Br)ccc2Br)cc1. The molecule has 0 aromatic heterocycles. The van der Waals surface area contributed by atoms with E-state index in [1.807, 2.05) is 18.2 Å². The quantitative estimate of drug-likeness (QED) is 0.638. The van der Waals surface area contributed by atoms with Crippen molar-refractivity contribution in [3.8, 4) is 0 Å². The Kier molecular flexibility index (Phi) is 4.14. The third-order valence-electron chi connectivity index (χ3n) is 2.19. The summed E-state index contributed by atoms with van der Waals surface area (Å²) >= 11 is 5.57. The van der Waals surface area contributed by atoms with Gasteiger partial charge in [-0.05, 0) is 52.3 Å². The Balaban J connectivity index is 2.39. The van der Waals surface area contributed by atoms with Crippen molar-refractivity contribution in [1.82, 2.24) is 0 Å². The summed E-state index contributed by atoms with van der Waals surface area (Å²) in [5.41, 5.74) is 6.27. The van der Waals surface area contributed by atoms with Gasteiger partial charge in [0.05, 0.1) is 4.47 Å². The lowest BCUT2D eigenvalue weighted by molar-refractivity contribution is 0.594. The molecule has 0 heterocycles. The minimum atomic E-state index is -1.21. The van der Waals surface area contributed by atoms with Crippen molar-refractivity contribution in [3.05, 3.63) is 51.4 Å². The van der Waals surface area contributed by atoms with Crippen LogP contribution >= 0.6 is 31.9 Å². The molecule has 5 heteroatoms. The largest absolute Gasteiger partial charge is 0.606 e. The number of halogens is 2. The predicted octanol–water partition coefficient (Wildman–Crippen LogP) is 3.96. The zero-order valence-corrected chi connectivity index (χ0v) is 12.7. The van der Waals surface area contributed by atoms with Crippen LogP contribution in [-0.2, 0) is 11.2 Å². The molecule has 0 radical (unpaired) electrons. The molecule has 0 fully saturated rings. The molecule has 0 saturated carbocycles. The maximum absolute atomic E-state index is 12.4. The van der Waals surface area contributed by atoms with Crippen LogP contribution in [0.3, 0.4) is 0 Å². The Morgan fingerprint density at radius 3 is 2.29 bits per heavy atom. The van der Waals surface area contributed by atoms with Crippen LogP contribution in [0.15, 0.2) is 61.2 Å². The summed E-state index contributed by atoms with van der Waals surface area (Å²) in [6.45, 7) is 0. The fraction of sp³-hybridized carbons (Fsp3) is 0. The maximum atomic E-state index is 12.4. The van der Waals surface area contributed by atoms with Gasteiger partial charge in [0.25, 0.3) is 0 Å². The van der Waals surface area contributed by atoms with Crippen LogP contribution in [-0.4, -0.2) is 4.55 Å². The summed E-state index contributed by atoms with van der Waals surface area (Å²) in [5.74, 6) is 0. The van der Waals surface area contributed by atoms with E-state index in [-0.39, 0.29) is 0 Å². The third-order valence-corrected chi connectivity index (χ3v) is 5.07. The summed E-state index contributed by atoms with van der Waals surface area (Å²) in [4.78, 5) is 1.47. The van der Waals surface area contributed by atoms with Gasteiger partial charge in [-0.2, -0.15) is 0 Å². The second kappa shape index (κ2) is 5.44. The fourth-order valence-corrected chi connectivity index (χ4v) is 3.65. The highest BCUT2D eigenvalue weighted by molar-refractivity contribution is 9.11. The molecule has 2 nitrogen and oxygen atoms in total. The van der Waals surface area contributed by atoms with E-state index in [1.165, 1.54) is 0 Å². The monoisotopic (exact) mass is 373 g/mol. The molecule has 17 heavy (non-hydrogen) atoms. The molecule has 0 spiro atoms. The Morgan fingerprint density at radius 2 is 1.65 bits per heavy atom. The first-order valence-electron chi connectivity index (χ1n) is 4.80. The first-order valence-corrected chi connectivity index (χ1v) is 7.54. The minimum Gasteiger partial charge on any atom is -0.606 e. The first-order chi connectivity index (χ1) is 8.08. The average molecular weight is 375 g/mol. The van der Waals surface area contributed by atoms with Crippen molar-refractivity contribution in [2.75, 3.05) is 5.73 Å². The number of hydrogen-bond acceptors (Lipinski definition) is 2. The van der Waals surface area contributed by atoms with Crippen LogP contribution in [0.25, 0.3) is 0 Å². The molecule has 2 aromatic rings. The molecule has 0 bridgehead atoms. The van der Waals surface area contributed by atoms with Crippen LogP contribution in [0, 0.1) is 0 Å². The summed E-state index contributed by atoms with van der Waals surface area (Å²) in [6, 6.07) is 12.7. The van der Waals surface area contributed by atoms with E-state index in [0.717, 1.165) is 18.7 Å². The second-order valence-electron chi connectivity index (χ2n) is 3.41. The Labute approximate surface area is 120 Å². The molecule has 1 unspecified atom stereocenters. The van der Waals surface area contributed by atoms with Gasteiger partial charge in [-0.15, -0.1) is 0 Å². The molecule has 2 rings (SSSR count). The van der Waals surface area contributed by atoms with Crippen LogP contribution in [0.2, 0.25) is 0 Å². The molecule has 1 atom stereocenters. The van der Waals surface area contributed by atoms with Gasteiger partial charge in [-0.1, -0.05) is 15.9 Å². The molecule has 0 aliphatic rings. The average Bonchev–Trinajstić information content (AvgIpc) is 2.32. The molecule has 88 valence electrons. The smallest absolute Gasteiger partial charge is 0.173 e. The predicted molar refractivity (Wildman–Crippen MR) is 77.4 cm³/mol. The van der Waals surface area contributed by atoms with Crippen molar-refractivity contribution in [1.29, 1.82) is 0 Å². The summed E-state index contributed by atoms with van der Waals surface area (Å²) < 4.78 is 14.1. The number of hydrogen-bond donors (Lipinski definition) is 1. The molecule has 0 saturated heterocycles. The van der Waals surface area contributed by atoms with Crippen molar-refractivity contribution in [2.24, 2.45) is 0 Å². The van der Waals surface area contributed by atoms with Crippen LogP contribution < -0.4 is 5.73 Å². The van der Waals surface area contributed by atoms with E-state index in [2.05, 4.69) is 31.9 Å². The van der Waals surface area contributed by atoms with Gasteiger partial charge < -0.3 is 10.3 Å². The summed E-state index contributed by atoms with van der Waals surface area (Å²) in [5, 5.41) is 0. The van der Waals surface area contributed by atoms with Crippen molar-refractivity contribution < 1.29 is 4.55 Å². The Hall–Kier alpha value is -0.490. The molecule has 2 N–H and O–H groups in total. The zero-order chi connectivity index (χ0) is 12.4. The Bertz CT molecular complexity index is 531. The van der Waals surface area contributed by atoms with E-state index < -0.39 is 11.2 Å². The zero-order valence-electron chi connectivity index (χ0n) is 8.69. The van der Waals surface area contributed by atoms with Gasteiger partial charge in [0, 0.05) is 27.4 Å². The number of benzene rings is 2. The summed E-state index contributed by atoms with van der Waals surface area (Å²) in [7, 11) is 0. The van der Waals surface area contributed by atoms with Gasteiger partial charge in [-0.25, -0.2) is 0 Å². The van der Waals surface area contributed by atoms with Gasteiger partial charge in [-0.3, -0.25) is 0 Å². The first kappa shape index (κ1) is 13.0. The van der Waals surface area contributed by atoms with E-state index in [9.17, 15) is 4.55 Å². The van der Waals surface area contributed by atoms with Gasteiger partial charge in [0.2, 0.25) is 0 Å². The molecule has 0 aliphatic heterocycles. The van der Waals surface area contributed by atoms with Crippen LogP contribution in [0.4, 0.5) is 5.69 Å². The second-order valence-corrected chi connectivity index (χ2v) is 6.63. The number of rotatable bonds is 2. The highest BCUT2D eigenvalue weighted by Gasteiger charge is 2.18. The highest BCUT2D eigenvalue weighted by atomic mass is 79.9. The number of nitrogens with two attached hydrogens (primary N) is 1. The van der Waals surface area contributed by atoms with E-state index in [4.69, 9.17) is 5.73 Å². The lowest BCUT2D eigenvalue weighted by Gasteiger charge is -2.11. The topological polar surface area (TPSA) is 49.1 Å². The number of anilines is 1. The molecular weight excluding hydrogens is 366 g/mol. The normalized spacial score (nSPS) is 12.4. The van der Waals surface area contributed by atoms with Crippen molar-refractivity contribution >= 4 is 48.7 Å². The molecule has 2 aromatic carbocycles. The lowest BCUT2D eigenvalue weighted by Crippen LogP contribution is -2.03. The maximum Gasteiger partial charge on any atom is 0.173 e. The number of nitrogen functional groups attached to an aromatic ring is 1. The van der Waals surface area contributed by atoms with Crippen molar-refractivity contribution in [2.45, 2.75) is 9.79 Å². The standard InChI is InChI=1S/C12H9Br2NOS/c13-8-1-6-11(14)12(7-8)17(16)10-4-2-9(15)3-5-10/h1-7H,15H2. The van der Waals surface area contributed by atoms with Crippen LogP contribution in [0.5, 0.6) is 0 Å². The van der Waals surface area contributed by atoms with E-state index in [0.29, 0.717) is 5.69 Å². The highest BCUT2D eigenvalue weighted by Crippen LogP contribution is 2.30. The summed E-state index contributed by atoms with van der Waals surface area (Å²) in [6.07, 6.45) is 0. The molecular formula is C12H9Br2NOS. The lowest BCUT2D eigenvalue weighted by atomic mass is 10.3. The van der Waals surface area contributed by atoms with Crippen molar-refractivity contribution in [3.63, 3.8) is 0 Å². The van der Waals surface area contributed by atoms with Gasteiger partial charge in [0.15, 0.2) is 9.79 Å². The van der Waals surface area contributed by atoms with Crippen LogP contribution in [0.1, 0.15) is 0 Å². The third kappa shape index (κ3) is 3.04. The van der Waals surface area contributed by atoms with Gasteiger partial charge in [0.1, 0.15) is 0 Å². The van der Waals surface area contributed by atoms with E-state index in [1.54, 1.807) is 24.3 Å². The fourth-order valence-electron chi connectivity index (χ4n) is 1.34. The Morgan fingerprint density at radius 1 is 1.00 bits per heavy atom. The minimum absolute atomic E-state index is 0.666. The van der Waals surface area contributed by atoms with E-state index >= 15 is 0 Å². The van der Waals surface area contributed by atoms with Gasteiger partial charge >= 0.3 is 0 Å². The molecule has 0 amide bonds.